The highest BCUT2D eigenvalue weighted by Gasteiger charge is 2.36. The molecule has 0 bridgehead atoms. The number of ether oxygens (including phenoxy) is 1. The van der Waals surface area contributed by atoms with E-state index >= 15 is 0 Å². The molecule has 28 heavy (non-hydrogen) atoms. The molecule has 3 rings (SSSR count). The van der Waals surface area contributed by atoms with Crippen molar-refractivity contribution >= 4 is 18.1 Å². The average Bonchev–Trinajstić information content (AvgIpc) is 2.95. The van der Waals surface area contributed by atoms with E-state index in [1.165, 1.54) is 6.07 Å². The number of hydrogen-bond donors (Lipinski definition) is 3. The van der Waals surface area contributed by atoms with E-state index in [2.05, 4.69) is 20.5 Å². The Morgan fingerprint density at radius 2 is 2.04 bits per heavy atom. The molecule has 1 aromatic carbocycles. The number of halogens is 5. The predicted molar refractivity (Wildman–Crippen MR) is 95.1 cm³/mol. The van der Waals surface area contributed by atoms with Gasteiger partial charge in [-0.15, -0.1) is 30.7 Å². The molecule has 7 nitrogen and oxygen atoms in total. The van der Waals surface area contributed by atoms with Crippen LogP contribution in [0.5, 0.6) is 5.75 Å². The van der Waals surface area contributed by atoms with Crippen LogP contribution < -0.4 is 21.1 Å². The third-order valence-electron chi connectivity index (χ3n) is 4.62. The second-order valence-electron chi connectivity index (χ2n) is 6.45. The van der Waals surface area contributed by atoms with Gasteiger partial charge in [-0.3, -0.25) is 0 Å². The zero-order chi connectivity index (χ0) is 19.8. The minimum absolute atomic E-state index is 0. The summed E-state index contributed by atoms with van der Waals surface area (Å²) in [7, 11) is 1.84. The highest BCUT2D eigenvalue weighted by molar-refractivity contribution is 5.85. The van der Waals surface area contributed by atoms with Crippen LogP contribution in [-0.4, -0.2) is 35.7 Å². The summed E-state index contributed by atoms with van der Waals surface area (Å²) >= 11 is 0. The summed E-state index contributed by atoms with van der Waals surface area (Å²) in [6, 6.07) is 2.09. The number of hydrogen-bond acceptors (Lipinski definition) is 6. The van der Waals surface area contributed by atoms with Gasteiger partial charge in [0.25, 0.3) is 0 Å². The summed E-state index contributed by atoms with van der Waals surface area (Å²) in [6.45, 7) is 1.80. The Labute approximate surface area is 163 Å². The minimum atomic E-state index is -5.06. The molecule has 1 aromatic heterocycles. The van der Waals surface area contributed by atoms with Gasteiger partial charge in [-0.05, 0) is 44.9 Å². The van der Waals surface area contributed by atoms with E-state index in [0.29, 0.717) is 6.04 Å². The lowest BCUT2D eigenvalue weighted by Gasteiger charge is -2.39. The van der Waals surface area contributed by atoms with Gasteiger partial charge in [0.05, 0.1) is 5.69 Å². The molecule has 3 N–H and O–H groups in total. The third-order valence-corrected chi connectivity index (χ3v) is 4.62. The molecule has 0 amide bonds. The molecule has 1 fully saturated rings. The van der Waals surface area contributed by atoms with Crippen molar-refractivity contribution in [3.63, 3.8) is 0 Å². The van der Waals surface area contributed by atoms with Gasteiger partial charge in [-0.2, -0.15) is 0 Å². The van der Waals surface area contributed by atoms with Gasteiger partial charge in [0.2, 0.25) is 5.89 Å². The first kappa shape index (κ1) is 22.0. The quantitative estimate of drug-likeness (QED) is 0.614. The van der Waals surface area contributed by atoms with Crippen LogP contribution in [0.15, 0.2) is 21.3 Å². The second-order valence-corrected chi connectivity index (χ2v) is 6.45. The Kier molecular flexibility index (Phi) is 6.60. The van der Waals surface area contributed by atoms with E-state index in [9.17, 15) is 22.4 Å². The molecule has 1 saturated carbocycles. The molecule has 1 atom stereocenters. The molecule has 0 unspecified atom stereocenters. The summed E-state index contributed by atoms with van der Waals surface area (Å²) < 4.78 is 61.1. The van der Waals surface area contributed by atoms with Crippen molar-refractivity contribution in [1.82, 2.24) is 15.5 Å². The molecule has 156 valence electrons. The highest BCUT2D eigenvalue weighted by atomic mass is 35.5. The second kappa shape index (κ2) is 8.39. The number of benzene rings is 1. The van der Waals surface area contributed by atoms with Gasteiger partial charge in [0.1, 0.15) is 0 Å². The van der Waals surface area contributed by atoms with Crippen LogP contribution in [0, 0.1) is 11.7 Å². The highest BCUT2D eigenvalue weighted by Crippen LogP contribution is 2.39. The van der Waals surface area contributed by atoms with E-state index in [1.54, 1.807) is 6.92 Å². The van der Waals surface area contributed by atoms with E-state index < -0.39 is 23.7 Å². The SMILES string of the molecule is CNC1CC([C@H](C)Nc2cc(-c3n[nH]c(=O)o3)cc(F)c2OC(F)(F)F)C1.Cl. The topological polar surface area (TPSA) is 92.2 Å². The summed E-state index contributed by atoms with van der Waals surface area (Å²) in [5, 5.41) is 11.6. The zero-order valence-corrected chi connectivity index (χ0v) is 15.7. The van der Waals surface area contributed by atoms with Crippen molar-refractivity contribution in [3.05, 3.63) is 28.5 Å². The molecule has 12 heteroatoms. The average molecular weight is 427 g/mol. The van der Waals surface area contributed by atoms with Crippen LogP contribution in [0.2, 0.25) is 0 Å². The summed E-state index contributed by atoms with van der Waals surface area (Å²) in [5.74, 6) is -3.13. The molecule has 1 aliphatic rings. The smallest absolute Gasteiger partial charge is 0.400 e. The van der Waals surface area contributed by atoms with E-state index in [-0.39, 0.29) is 41.5 Å². The molecule has 0 radical (unpaired) electrons. The number of anilines is 1. The third kappa shape index (κ3) is 4.96. The normalized spacial score (nSPS) is 20.1. The minimum Gasteiger partial charge on any atom is -0.400 e. The van der Waals surface area contributed by atoms with Crippen molar-refractivity contribution in [3.8, 4) is 17.2 Å². The number of aromatic amines is 1. The Bertz CT molecular complexity index is 864. The Morgan fingerprint density at radius 1 is 1.36 bits per heavy atom. The predicted octanol–water partition coefficient (Wildman–Crippen LogP) is 3.29. The summed E-state index contributed by atoms with van der Waals surface area (Å²) in [5.41, 5.74) is -0.204. The Balaban J connectivity index is 0.00000280. The lowest BCUT2D eigenvalue weighted by Crippen LogP contribution is -2.45. The maximum absolute atomic E-state index is 14.4. The lowest BCUT2D eigenvalue weighted by atomic mass is 9.76. The Hall–Kier alpha value is -2.27. The van der Waals surface area contributed by atoms with Crippen LogP contribution in [0.4, 0.5) is 23.2 Å². The van der Waals surface area contributed by atoms with Gasteiger partial charge in [-0.1, -0.05) is 0 Å². The lowest BCUT2D eigenvalue weighted by molar-refractivity contribution is -0.275. The first-order chi connectivity index (χ1) is 12.7. The van der Waals surface area contributed by atoms with Crippen LogP contribution >= 0.6 is 12.4 Å². The number of alkyl halides is 3. The van der Waals surface area contributed by atoms with Gasteiger partial charge in [-0.25, -0.2) is 14.3 Å². The fourth-order valence-corrected chi connectivity index (χ4v) is 3.07. The summed E-state index contributed by atoms with van der Waals surface area (Å²) in [4.78, 5) is 11.1. The molecule has 0 saturated heterocycles. The summed E-state index contributed by atoms with van der Waals surface area (Å²) in [6.07, 6.45) is -3.37. The van der Waals surface area contributed by atoms with Crippen molar-refractivity contribution in [2.75, 3.05) is 12.4 Å². The molecule has 1 aliphatic carbocycles. The van der Waals surface area contributed by atoms with E-state index in [4.69, 9.17) is 4.42 Å². The number of nitrogens with zero attached hydrogens (tertiary/aromatic N) is 1. The molecule has 0 aliphatic heterocycles. The standard InChI is InChI=1S/C16H18F4N4O3.ClH/c1-7(8-3-10(4-8)21-2)22-12-6-9(14-23-24-15(25)26-14)5-11(17)13(12)27-16(18,19)20;/h5-8,10,21-22H,3-4H2,1-2H3,(H,24,25);1H/t7-,8?,10?;/m0./s1. The fourth-order valence-electron chi connectivity index (χ4n) is 3.07. The maximum Gasteiger partial charge on any atom is 0.573 e. The first-order valence-electron chi connectivity index (χ1n) is 8.25. The molecular formula is C16H19ClF4N4O3. The fraction of sp³-hybridized carbons (Fsp3) is 0.500. The number of rotatable bonds is 6. The van der Waals surface area contributed by atoms with E-state index in [1.807, 2.05) is 12.1 Å². The monoisotopic (exact) mass is 426 g/mol. The maximum atomic E-state index is 14.4. The van der Waals surface area contributed by atoms with Crippen molar-refractivity contribution < 1.29 is 26.7 Å². The van der Waals surface area contributed by atoms with Gasteiger partial charge >= 0.3 is 12.1 Å². The van der Waals surface area contributed by atoms with Crippen LogP contribution in [0.3, 0.4) is 0 Å². The van der Waals surface area contributed by atoms with Crippen LogP contribution in [0.1, 0.15) is 19.8 Å². The van der Waals surface area contributed by atoms with Crippen LogP contribution in [-0.2, 0) is 0 Å². The molecule has 2 aromatic rings. The molecule has 1 heterocycles. The Morgan fingerprint density at radius 3 is 2.57 bits per heavy atom. The van der Waals surface area contributed by atoms with Crippen molar-refractivity contribution in [2.45, 2.75) is 38.2 Å². The van der Waals surface area contributed by atoms with Gasteiger partial charge in [0.15, 0.2) is 11.6 Å². The van der Waals surface area contributed by atoms with E-state index in [0.717, 1.165) is 18.9 Å². The molecular weight excluding hydrogens is 408 g/mol. The number of nitrogens with one attached hydrogen (secondary N) is 3. The van der Waals surface area contributed by atoms with Crippen molar-refractivity contribution in [2.24, 2.45) is 5.92 Å². The zero-order valence-electron chi connectivity index (χ0n) is 14.9. The number of aromatic nitrogens is 2. The van der Waals surface area contributed by atoms with Gasteiger partial charge < -0.3 is 19.8 Å². The number of H-pyrrole nitrogens is 1. The largest absolute Gasteiger partial charge is 0.573 e. The van der Waals surface area contributed by atoms with Crippen LogP contribution in [0.25, 0.3) is 11.5 Å². The van der Waals surface area contributed by atoms with Gasteiger partial charge in [0, 0.05) is 17.6 Å². The van der Waals surface area contributed by atoms with Crippen molar-refractivity contribution in [1.29, 1.82) is 0 Å². The molecule has 0 spiro atoms. The first-order valence-corrected chi connectivity index (χ1v) is 8.25.